The van der Waals surface area contributed by atoms with Crippen LogP contribution in [0.1, 0.15) is 30.8 Å². The Morgan fingerprint density at radius 2 is 2.16 bits per heavy atom. The maximum atomic E-state index is 4.06. The van der Waals surface area contributed by atoms with Crippen molar-refractivity contribution in [3.8, 4) is 0 Å². The maximum absolute atomic E-state index is 4.06. The van der Waals surface area contributed by atoms with Gasteiger partial charge < -0.3 is 5.32 Å². The second kappa shape index (κ2) is 6.43. The Balaban J connectivity index is 1.94. The van der Waals surface area contributed by atoms with E-state index in [0.29, 0.717) is 12.6 Å². The number of aromatic nitrogens is 4. The first-order valence-corrected chi connectivity index (χ1v) is 6.69. The average Bonchev–Trinajstić information content (AvgIpc) is 2.81. The lowest BCUT2D eigenvalue weighted by Crippen LogP contribution is -2.24. The monoisotopic (exact) mass is 259 g/mol. The van der Waals surface area contributed by atoms with E-state index in [4.69, 9.17) is 0 Å². The van der Waals surface area contributed by atoms with Crippen molar-refractivity contribution >= 4 is 0 Å². The Bertz CT molecular complexity index is 518. The molecule has 0 saturated heterocycles. The number of tetrazole rings is 1. The van der Waals surface area contributed by atoms with Gasteiger partial charge in [-0.25, -0.2) is 4.68 Å². The number of rotatable bonds is 6. The highest BCUT2D eigenvalue weighted by molar-refractivity contribution is 5.22. The summed E-state index contributed by atoms with van der Waals surface area (Å²) in [6, 6.07) is 8.98. The predicted octanol–water partition coefficient (Wildman–Crippen LogP) is 1.72. The van der Waals surface area contributed by atoms with Crippen molar-refractivity contribution < 1.29 is 0 Å². The molecule has 102 valence electrons. The van der Waals surface area contributed by atoms with Gasteiger partial charge in [-0.3, -0.25) is 0 Å². The minimum atomic E-state index is 0.432. The zero-order valence-corrected chi connectivity index (χ0v) is 11.8. The van der Waals surface area contributed by atoms with Crippen molar-refractivity contribution in [2.24, 2.45) is 0 Å². The lowest BCUT2D eigenvalue weighted by molar-refractivity contribution is 0.517. The molecule has 0 aliphatic rings. The Kier molecular flexibility index (Phi) is 4.63. The Labute approximate surface area is 114 Å². The summed E-state index contributed by atoms with van der Waals surface area (Å²) >= 11 is 0. The van der Waals surface area contributed by atoms with Gasteiger partial charge in [0.25, 0.3) is 0 Å². The molecule has 0 bridgehead atoms. The third-order valence-corrected chi connectivity index (χ3v) is 2.97. The van der Waals surface area contributed by atoms with Crippen LogP contribution in [0.15, 0.2) is 24.3 Å². The molecule has 5 nitrogen and oxygen atoms in total. The number of nitrogens with one attached hydrogen (secondary N) is 1. The molecule has 0 radical (unpaired) electrons. The van der Waals surface area contributed by atoms with Crippen molar-refractivity contribution in [2.45, 2.75) is 46.3 Å². The summed E-state index contributed by atoms with van der Waals surface area (Å²) in [6.45, 7) is 7.85. The molecule has 0 unspecified atom stereocenters. The average molecular weight is 259 g/mol. The molecular weight excluding hydrogens is 238 g/mol. The van der Waals surface area contributed by atoms with Gasteiger partial charge in [0.1, 0.15) is 0 Å². The Morgan fingerprint density at radius 3 is 2.89 bits per heavy atom. The van der Waals surface area contributed by atoms with Crippen LogP contribution >= 0.6 is 0 Å². The predicted molar refractivity (Wildman–Crippen MR) is 74.7 cm³/mol. The number of aryl methyl sites for hydroxylation is 3. The Morgan fingerprint density at radius 1 is 1.32 bits per heavy atom. The molecule has 0 spiro atoms. The van der Waals surface area contributed by atoms with Crippen molar-refractivity contribution in [1.82, 2.24) is 25.5 Å². The SMILES string of the molecule is Cc1cccc(CCn2nnnc2CNC(C)C)c1. The number of benzene rings is 1. The molecule has 0 saturated carbocycles. The molecule has 0 atom stereocenters. The van der Waals surface area contributed by atoms with Gasteiger partial charge in [0.2, 0.25) is 0 Å². The van der Waals surface area contributed by atoms with E-state index in [-0.39, 0.29) is 0 Å². The maximum Gasteiger partial charge on any atom is 0.165 e. The van der Waals surface area contributed by atoms with Crippen molar-refractivity contribution in [3.05, 3.63) is 41.2 Å². The van der Waals surface area contributed by atoms with Crippen LogP contribution in [-0.4, -0.2) is 26.2 Å². The molecule has 0 aliphatic carbocycles. The number of hydrogen-bond acceptors (Lipinski definition) is 4. The van der Waals surface area contributed by atoms with Crippen LogP contribution in [0.5, 0.6) is 0 Å². The van der Waals surface area contributed by atoms with Gasteiger partial charge in [0.15, 0.2) is 5.82 Å². The molecule has 2 aromatic rings. The fourth-order valence-electron chi connectivity index (χ4n) is 1.92. The van der Waals surface area contributed by atoms with Gasteiger partial charge in [0.05, 0.1) is 6.54 Å². The van der Waals surface area contributed by atoms with Gasteiger partial charge >= 0.3 is 0 Å². The molecular formula is C14H21N5. The summed E-state index contributed by atoms with van der Waals surface area (Å²) in [7, 11) is 0. The summed E-state index contributed by atoms with van der Waals surface area (Å²) in [5, 5.41) is 15.2. The van der Waals surface area contributed by atoms with Gasteiger partial charge in [-0.05, 0) is 29.3 Å². The third kappa shape index (κ3) is 4.13. The van der Waals surface area contributed by atoms with Gasteiger partial charge in [0, 0.05) is 12.6 Å². The molecule has 19 heavy (non-hydrogen) atoms. The molecule has 0 aliphatic heterocycles. The van der Waals surface area contributed by atoms with Crippen LogP contribution in [0.25, 0.3) is 0 Å². The molecule has 2 rings (SSSR count). The van der Waals surface area contributed by atoms with E-state index >= 15 is 0 Å². The molecule has 1 N–H and O–H groups in total. The van der Waals surface area contributed by atoms with Gasteiger partial charge in [-0.2, -0.15) is 0 Å². The first kappa shape index (κ1) is 13.7. The number of nitrogens with zero attached hydrogens (tertiary/aromatic N) is 4. The molecule has 1 aromatic carbocycles. The van der Waals surface area contributed by atoms with Crippen LogP contribution in [0.4, 0.5) is 0 Å². The fourth-order valence-corrected chi connectivity index (χ4v) is 1.92. The highest BCUT2D eigenvalue weighted by Crippen LogP contribution is 2.06. The quantitative estimate of drug-likeness (QED) is 0.858. The summed E-state index contributed by atoms with van der Waals surface area (Å²) in [5.41, 5.74) is 2.61. The topological polar surface area (TPSA) is 55.6 Å². The van der Waals surface area contributed by atoms with Crippen LogP contribution in [-0.2, 0) is 19.5 Å². The van der Waals surface area contributed by atoms with E-state index < -0.39 is 0 Å². The fraction of sp³-hybridized carbons (Fsp3) is 0.500. The van der Waals surface area contributed by atoms with Crippen LogP contribution in [0.3, 0.4) is 0 Å². The normalized spacial score (nSPS) is 11.2. The second-order valence-electron chi connectivity index (χ2n) is 5.09. The number of hydrogen-bond donors (Lipinski definition) is 1. The summed E-state index contributed by atoms with van der Waals surface area (Å²) in [6.07, 6.45) is 0.946. The summed E-state index contributed by atoms with van der Waals surface area (Å²) in [4.78, 5) is 0. The van der Waals surface area contributed by atoms with Crippen molar-refractivity contribution in [2.75, 3.05) is 0 Å². The second-order valence-corrected chi connectivity index (χ2v) is 5.09. The van der Waals surface area contributed by atoms with E-state index in [1.54, 1.807) is 0 Å². The zero-order valence-electron chi connectivity index (χ0n) is 11.8. The summed E-state index contributed by atoms with van der Waals surface area (Å²) in [5.74, 6) is 0.890. The van der Waals surface area contributed by atoms with E-state index in [1.807, 2.05) is 4.68 Å². The lowest BCUT2D eigenvalue weighted by Gasteiger charge is -2.08. The third-order valence-electron chi connectivity index (χ3n) is 2.97. The highest BCUT2D eigenvalue weighted by Gasteiger charge is 2.06. The Hall–Kier alpha value is -1.75. The first-order chi connectivity index (χ1) is 9.15. The largest absolute Gasteiger partial charge is 0.308 e. The molecule has 0 fully saturated rings. The van der Waals surface area contributed by atoms with Crippen LogP contribution < -0.4 is 5.32 Å². The van der Waals surface area contributed by atoms with Crippen molar-refractivity contribution in [1.29, 1.82) is 0 Å². The van der Waals surface area contributed by atoms with E-state index in [0.717, 1.165) is 18.8 Å². The zero-order chi connectivity index (χ0) is 13.7. The van der Waals surface area contributed by atoms with Crippen molar-refractivity contribution in [3.63, 3.8) is 0 Å². The van der Waals surface area contributed by atoms with Gasteiger partial charge in [-0.1, -0.05) is 43.7 Å². The highest BCUT2D eigenvalue weighted by atomic mass is 15.5. The molecule has 1 aromatic heterocycles. The first-order valence-electron chi connectivity index (χ1n) is 6.69. The lowest BCUT2D eigenvalue weighted by atomic mass is 10.1. The van der Waals surface area contributed by atoms with Crippen LogP contribution in [0.2, 0.25) is 0 Å². The van der Waals surface area contributed by atoms with E-state index in [1.165, 1.54) is 11.1 Å². The smallest absolute Gasteiger partial charge is 0.165 e. The van der Waals surface area contributed by atoms with E-state index in [9.17, 15) is 0 Å². The summed E-state index contributed by atoms with van der Waals surface area (Å²) < 4.78 is 1.87. The van der Waals surface area contributed by atoms with Gasteiger partial charge in [-0.15, -0.1) is 5.10 Å². The standard InChI is InChI=1S/C14H21N5/c1-11(2)15-10-14-16-17-18-19(14)8-7-13-6-4-5-12(3)9-13/h4-6,9,11,15H,7-8,10H2,1-3H3. The van der Waals surface area contributed by atoms with Crippen LogP contribution in [0, 0.1) is 6.92 Å². The molecule has 1 heterocycles. The minimum absolute atomic E-state index is 0.432. The molecule has 5 heteroatoms. The minimum Gasteiger partial charge on any atom is -0.308 e. The van der Waals surface area contributed by atoms with E-state index in [2.05, 4.69) is 65.9 Å². The molecule has 0 amide bonds.